The molecule has 4 amide bonds. The second-order valence-electron chi connectivity index (χ2n) is 6.37. The van der Waals surface area contributed by atoms with Crippen molar-refractivity contribution in [3.05, 3.63) is 59.7 Å². The summed E-state index contributed by atoms with van der Waals surface area (Å²) in [5, 5.41) is 2.23. The highest BCUT2D eigenvalue weighted by Crippen LogP contribution is 2.20. The van der Waals surface area contributed by atoms with Gasteiger partial charge >= 0.3 is 6.03 Å². The van der Waals surface area contributed by atoms with E-state index in [1.807, 2.05) is 0 Å². The number of thioether (sulfide) groups is 1. The Kier molecular flexibility index (Phi) is 5.81. The summed E-state index contributed by atoms with van der Waals surface area (Å²) in [7, 11) is 1.78. The van der Waals surface area contributed by atoms with Crippen LogP contribution < -0.4 is 10.2 Å². The molecule has 0 unspecified atom stereocenters. The maximum absolute atomic E-state index is 12.6. The van der Waals surface area contributed by atoms with Crippen molar-refractivity contribution in [3.63, 3.8) is 0 Å². The number of imide groups is 1. The summed E-state index contributed by atoms with van der Waals surface area (Å²) in [6.45, 7) is 2.69. The van der Waals surface area contributed by atoms with Gasteiger partial charge in [0.1, 0.15) is 6.54 Å². The van der Waals surface area contributed by atoms with Crippen LogP contribution in [-0.2, 0) is 4.79 Å². The zero-order chi connectivity index (χ0) is 19.4. The largest absolute Gasteiger partial charge is 0.341 e. The third-order valence-corrected chi connectivity index (χ3v) is 5.27. The lowest BCUT2D eigenvalue weighted by Gasteiger charge is -2.18. The van der Waals surface area contributed by atoms with E-state index in [1.54, 1.807) is 48.0 Å². The topological polar surface area (TPSA) is 69.7 Å². The lowest BCUT2D eigenvalue weighted by Crippen LogP contribution is -2.29. The highest BCUT2D eigenvalue weighted by molar-refractivity contribution is 7.99. The number of nitrogens with zero attached hydrogens (tertiary/aromatic N) is 2. The Labute approximate surface area is 162 Å². The molecule has 0 aromatic heterocycles. The Balaban J connectivity index is 1.54. The van der Waals surface area contributed by atoms with Gasteiger partial charge in [0.25, 0.3) is 5.91 Å². The first-order valence-corrected chi connectivity index (χ1v) is 9.59. The number of amides is 4. The number of anilines is 1. The number of hydrogen-bond acceptors (Lipinski definition) is 4. The fourth-order valence-electron chi connectivity index (χ4n) is 2.69. The molecule has 1 saturated heterocycles. The average Bonchev–Trinajstić information content (AvgIpc) is 3.01. The van der Waals surface area contributed by atoms with E-state index in [1.165, 1.54) is 15.4 Å². The maximum Gasteiger partial charge on any atom is 0.329 e. The van der Waals surface area contributed by atoms with Crippen LogP contribution in [0.1, 0.15) is 15.9 Å². The molecule has 2 aromatic carbocycles. The van der Waals surface area contributed by atoms with Crippen molar-refractivity contribution >= 4 is 35.3 Å². The van der Waals surface area contributed by atoms with Gasteiger partial charge in [-0.05, 0) is 43.3 Å². The summed E-state index contributed by atoms with van der Waals surface area (Å²) in [5.74, 6) is 0.401. The second kappa shape index (κ2) is 8.26. The van der Waals surface area contributed by atoms with Gasteiger partial charge in [0, 0.05) is 35.5 Å². The van der Waals surface area contributed by atoms with Crippen LogP contribution in [0.2, 0.25) is 0 Å². The highest BCUT2D eigenvalue weighted by atomic mass is 32.2. The molecule has 1 N–H and O–H groups in total. The average molecular weight is 383 g/mol. The molecule has 7 heteroatoms. The molecule has 1 heterocycles. The summed E-state index contributed by atoms with van der Waals surface area (Å²) >= 11 is 1.71. The Morgan fingerprint density at radius 2 is 1.78 bits per heavy atom. The zero-order valence-electron chi connectivity index (χ0n) is 15.3. The third-order valence-electron chi connectivity index (χ3n) is 4.28. The van der Waals surface area contributed by atoms with Crippen LogP contribution in [0, 0.1) is 6.92 Å². The van der Waals surface area contributed by atoms with Gasteiger partial charge < -0.3 is 4.90 Å². The summed E-state index contributed by atoms with van der Waals surface area (Å²) in [5.41, 5.74) is 2.37. The predicted octanol–water partition coefficient (Wildman–Crippen LogP) is 2.92. The Bertz CT molecular complexity index is 850. The van der Waals surface area contributed by atoms with Gasteiger partial charge in [-0.15, -0.1) is 11.8 Å². The lowest BCUT2D eigenvalue weighted by molar-refractivity contribution is -0.117. The minimum absolute atomic E-state index is 0.00224. The van der Waals surface area contributed by atoms with Crippen molar-refractivity contribution in [2.45, 2.75) is 11.8 Å². The summed E-state index contributed by atoms with van der Waals surface area (Å²) in [6.07, 6.45) is 0. The minimum Gasteiger partial charge on any atom is -0.341 e. The fourth-order valence-corrected chi connectivity index (χ4v) is 3.62. The number of nitrogens with one attached hydrogen (secondary N) is 1. The van der Waals surface area contributed by atoms with Gasteiger partial charge in [0.2, 0.25) is 5.91 Å². The molecule has 27 heavy (non-hydrogen) atoms. The molecule has 0 aliphatic carbocycles. The van der Waals surface area contributed by atoms with Gasteiger partial charge in [0.15, 0.2) is 0 Å². The zero-order valence-corrected chi connectivity index (χ0v) is 16.1. The van der Waals surface area contributed by atoms with Crippen molar-refractivity contribution in [2.24, 2.45) is 0 Å². The standard InChI is InChI=1S/C20H21N3O3S/c1-14-3-9-17(10-4-14)27-12-11-22(2)19(25)15-5-7-16(8-6-15)23-13-18(24)21-20(23)26/h3-10H,11-13H2,1-2H3,(H,21,24,26). The van der Waals surface area contributed by atoms with Gasteiger partial charge in [-0.1, -0.05) is 17.7 Å². The van der Waals surface area contributed by atoms with Gasteiger partial charge in [-0.3, -0.25) is 19.8 Å². The minimum atomic E-state index is -0.440. The maximum atomic E-state index is 12.6. The normalized spacial score (nSPS) is 13.6. The molecule has 1 fully saturated rings. The fraction of sp³-hybridized carbons (Fsp3) is 0.250. The molecule has 3 rings (SSSR count). The molecule has 140 valence electrons. The van der Waals surface area contributed by atoms with E-state index < -0.39 is 6.03 Å². The molecule has 2 aromatic rings. The summed E-state index contributed by atoms with van der Waals surface area (Å²) in [6, 6.07) is 14.6. The van der Waals surface area contributed by atoms with E-state index in [0.717, 1.165) is 5.75 Å². The van der Waals surface area contributed by atoms with E-state index in [2.05, 4.69) is 36.5 Å². The predicted molar refractivity (Wildman–Crippen MR) is 106 cm³/mol. The van der Waals surface area contributed by atoms with Crippen LogP contribution in [0.3, 0.4) is 0 Å². The molecule has 0 spiro atoms. The number of hydrogen-bond donors (Lipinski definition) is 1. The number of carbonyl (C=O) groups excluding carboxylic acids is 3. The Morgan fingerprint density at radius 3 is 2.37 bits per heavy atom. The third kappa shape index (κ3) is 4.68. The molecule has 0 atom stereocenters. The summed E-state index contributed by atoms with van der Waals surface area (Å²) in [4.78, 5) is 39.7. The molecule has 0 bridgehead atoms. The first-order chi connectivity index (χ1) is 12.9. The highest BCUT2D eigenvalue weighted by Gasteiger charge is 2.27. The van der Waals surface area contributed by atoms with Crippen molar-refractivity contribution in [1.29, 1.82) is 0 Å². The Hall–Kier alpha value is -2.80. The van der Waals surface area contributed by atoms with Crippen molar-refractivity contribution in [1.82, 2.24) is 10.2 Å². The van der Waals surface area contributed by atoms with E-state index in [9.17, 15) is 14.4 Å². The van der Waals surface area contributed by atoms with Crippen molar-refractivity contribution < 1.29 is 14.4 Å². The number of carbonyl (C=O) groups is 3. The van der Waals surface area contributed by atoms with E-state index >= 15 is 0 Å². The first-order valence-electron chi connectivity index (χ1n) is 8.60. The van der Waals surface area contributed by atoms with Crippen molar-refractivity contribution in [3.8, 4) is 0 Å². The van der Waals surface area contributed by atoms with Crippen LogP contribution in [0.25, 0.3) is 0 Å². The van der Waals surface area contributed by atoms with E-state index in [4.69, 9.17) is 0 Å². The molecule has 6 nitrogen and oxygen atoms in total. The van der Waals surface area contributed by atoms with Crippen LogP contribution in [0.15, 0.2) is 53.4 Å². The lowest BCUT2D eigenvalue weighted by atomic mass is 10.1. The Morgan fingerprint density at radius 1 is 1.11 bits per heavy atom. The van der Waals surface area contributed by atoms with Crippen LogP contribution in [0.5, 0.6) is 0 Å². The van der Waals surface area contributed by atoms with Crippen LogP contribution >= 0.6 is 11.8 Å². The number of rotatable bonds is 6. The number of aryl methyl sites for hydroxylation is 1. The number of urea groups is 1. The smallest absolute Gasteiger partial charge is 0.329 e. The van der Waals surface area contributed by atoms with Crippen molar-refractivity contribution in [2.75, 3.05) is 30.8 Å². The first kappa shape index (κ1) is 19.0. The van der Waals surface area contributed by atoms with Crippen LogP contribution in [-0.4, -0.2) is 48.6 Å². The molecular formula is C20H21N3O3S. The molecule has 0 radical (unpaired) electrons. The van der Waals surface area contributed by atoms with E-state index in [0.29, 0.717) is 17.8 Å². The molecule has 1 aliphatic heterocycles. The quantitative estimate of drug-likeness (QED) is 0.615. The number of benzene rings is 2. The van der Waals surface area contributed by atoms with Gasteiger partial charge in [-0.25, -0.2) is 4.79 Å². The van der Waals surface area contributed by atoms with Crippen LogP contribution in [0.4, 0.5) is 10.5 Å². The SMILES string of the molecule is Cc1ccc(SCCN(C)C(=O)c2ccc(N3CC(=O)NC3=O)cc2)cc1. The summed E-state index contributed by atoms with van der Waals surface area (Å²) < 4.78 is 0. The molecular weight excluding hydrogens is 362 g/mol. The van der Waals surface area contributed by atoms with Gasteiger partial charge in [-0.2, -0.15) is 0 Å². The van der Waals surface area contributed by atoms with Gasteiger partial charge in [0.05, 0.1) is 0 Å². The molecule has 0 saturated carbocycles. The monoisotopic (exact) mass is 383 g/mol. The molecule has 1 aliphatic rings. The van der Waals surface area contributed by atoms with E-state index in [-0.39, 0.29) is 18.4 Å². The second-order valence-corrected chi connectivity index (χ2v) is 7.54.